The van der Waals surface area contributed by atoms with Crippen molar-refractivity contribution in [1.82, 2.24) is 0 Å². The van der Waals surface area contributed by atoms with Crippen LogP contribution >= 0.6 is 0 Å². The highest BCUT2D eigenvalue weighted by molar-refractivity contribution is 5.96. The number of esters is 2. The van der Waals surface area contributed by atoms with E-state index in [9.17, 15) is 9.59 Å². The van der Waals surface area contributed by atoms with Gasteiger partial charge in [-0.25, -0.2) is 9.59 Å². The summed E-state index contributed by atoms with van der Waals surface area (Å²) in [6.07, 6.45) is 27.3. The summed E-state index contributed by atoms with van der Waals surface area (Å²) in [4.78, 5) is 25.7. The minimum atomic E-state index is -0.389. The second-order valence-corrected chi connectivity index (χ2v) is 35.8. The van der Waals surface area contributed by atoms with E-state index in [0.29, 0.717) is 35.8 Å². The molecule has 0 aromatic heterocycles. The van der Waals surface area contributed by atoms with E-state index in [0.717, 1.165) is 99.3 Å². The van der Waals surface area contributed by atoms with Gasteiger partial charge in [0.2, 0.25) is 0 Å². The number of unbranched alkanes of at least 4 members (excludes halogenated alkanes) is 14. The molecular weight excluding hydrogens is 1490 g/mol. The average Bonchev–Trinajstić information content (AvgIpc) is 0.760. The predicted octanol–water partition coefficient (Wildman–Crippen LogP) is 33.1. The van der Waals surface area contributed by atoms with Gasteiger partial charge in [0.05, 0.1) is 27.4 Å². The first-order valence-corrected chi connectivity index (χ1v) is 46.6. The van der Waals surface area contributed by atoms with E-state index in [4.69, 9.17) is 18.9 Å². The highest BCUT2D eigenvalue weighted by Gasteiger charge is 2.26. The summed E-state index contributed by atoms with van der Waals surface area (Å²) in [5, 5.41) is 0. The van der Waals surface area contributed by atoms with Crippen molar-refractivity contribution in [3.05, 3.63) is 257 Å². The lowest BCUT2D eigenvalue weighted by atomic mass is 9.81. The zero-order valence-electron chi connectivity index (χ0n) is 78.7. The molecule has 0 amide bonds. The van der Waals surface area contributed by atoms with E-state index >= 15 is 0 Å². The molecule has 0 saturated heterocycles. The van der Waals surface area contributed by atoms with Crippen LogP contribution in [0.5, 0.6) is 11.5 Å². The Labute approximate surface area is 735 Å². The first kappa shape index (κ1) is 92.7. The summed E-state index contributed by atoms with van der Waals surface area (Å²) in [7, 11) is 2.85. The normalized spacial score (nSPS) is 11.5. The standard InChI is InChI=1S/C116H142O6/c1-23-29-35-39-43-87-69-111(89(45-41-37-31-25-3)67-109(87)105-63-79(13)101(59-83(105)17)97-55-73(7)95(53-75(97)9)91-47-49-93(115(117)119-21)113(71-91)121-51-33-27-5)107-65-81(15)103(61-85(107)19)99-57-78(12)100(58-77(99)11)104-62-86(20)108(66-82(104)16)112-70-88(44-40-36-30-24-2)110(68-90(112)46-42-38-32-26-4)106-64-80(14)102(60-84(106)18)98-56-74(8)96(54-76(98)10)92-48-50-94(116(118)120-22)114(72-92)122-52-34-28-6/h47-50,53-72H,23-46,51-52H2,1-22H3. The van der Waals surface area contributed by atoms with Crippen molar-refractivity contribution >= 4 is 11.9 Å². The summed E-state index contributed by atoms with van der Waals surface area (Å²) in [5.41, 5.74) is 49.9. The largest absolute Gasteiger partial charge is 0.493 e. The van der Waals surface area contributed by atoms with Crippen molar-refractivity contribution in [3.63, 3.8) is 0 Å². The van der Waals surface area contributed by atoms with Crippen LogP contribution in [0.1, 0.15) is 291 Å². The molecule has 0 heterocycles. The van der Waals surface area contributed by atoms with E-state index in [2.05, 4.69) is 248 Å². The van der Waals surface area contributed by atoms with Gasteiger partial charge in [-0.1, -0.05) is 253 Å². The van der Waals surface area contributed by atoms with Gasteiger partial charge in [0.25, 0.3) is 0 Å². The SMILES string of the molecule is CCCCCCc1cc(-c2cc(C)c(-c3cc(C)c(-c4cc(C)c(-c5cc(CCCCCC)c(-c6cc(C)c(-c7cc(C)c(-c8ccc(C(=O)OC)c(OCCCC)c8)cc7C)cc6C)cc5CCCCCC)cc4C)cc3C)cc2C)c(CCCCCC)cc1-c1cc(C)c(-c2cc(C)c(-c3ccc(C(=O)OC)c(OCCCC)c3)cc2C)cc1C. The van der Waals surface area contributed by atoms with Crippen LogP contribution in [0.2, 0.25) is 0 Å². The maximum atomic E-state index is 12.9. The van der Waals surface area contributed by atoms with E-state index in [1.54, 1.807) is 0 Å². The fourth-order valence-corrected chi connectivity index (χ4v) is 18.8. The third-order valence-electron chi connectivity index (χ3n) is 26.1. The van der Waals surface area contributed by atoms with Crippen LogP contribution in [0.4, 0.5) is 0 Å². The summed E-state index contributed by atoms with van der Waals surface area (Å²) in [5.74, 6) is 0.351. The van der Waals surface area contributed by atoms with Crippen LogP contribution in [0.25, 0.3) is 111 Å². The zero-order chi connectivity index (χ0) is 87.6. The van der Waals surface area contributed by atoms with Crippen molar-refractivity contribution in [2.24, 2.45) is 0 Å². The molecule has 11 aromatic carbocycles. The Balaban J connectivity index is 0.923. The number of methoxy groups -OCH3 is 2. The van der Waals surface area contributed by atoms with Crippen molar-refractivity contribution < 1.29 is 28.5 Å². The van der Waals surface area contributed by atoms with E-state index in [-0.39, 0.29) is 11.9 Å². The molecule has 11 aromatic rings. The topological polar surface area (TPSA) is 71.1 Å². The van der Waals surface area contributed by atoms with Gasteiger partial charge in [-0.3, -0.25) is 0 Å². The maximum absolute atomic E-state index is 12.9. The number of hydrogen-bond donors (Lipinski definition) is 0. The predicted molar refractivity (Wildman–Crippen MR) is 522 cm³/mol. The monoisotopic (exact) mass is 1630 g/mol. The van der Waals surface area contributed by atoms with Crippen LogP contribution in [0, 0.1) is 96.9 Å². The Morgan fingerprint density at radius 3 is 0.598 bits per heavy atom. The molecule has 0 aliphatic carbocycles. The van der Waals surface area contributed by atoms with Crippen molar-refractivity contribution in [2.45, 2.75) is 293 Å². The van der Waals surface area contributed by atoms with Gasteiger partial charge < -0.3 is 18.9 Å². The van der Waals surface area contributed by atoms with E-state index in [1.807, 2.05) is 36.4 Å². The Hall–Kier alpha value is -10.0. The first-order valence-electron chi connectivity index (χ1n) is 46.6. The third kappa shape index (κ3) is 21.6. The molecule has 0 saturated carbocycles. The quantitative estimate of drug-likeness (QED) is 0.0282. The van der Waals surface area contributed by atoms with Crippen LogP contribution in [-0.4, -0.2) is 39.4 Å². The minimum absolute atomic E-state index is 0.389. The highest BCUT2D eigenvalue weighted by Crippen LogP contribution is 2.47. The van der Waals surface area contributed by atoms with Gasteiger partial charge in [0.15, 0.2) is 0 Å². The zero-order valence-corrected chi connectivity index (χ0v) is 78.7. The lowest BCUT2D eigenvalue weighted by Gasteiger charge is -2.23. The molecule has 0 fully saturated rings. The van der Waals surface area contributed by atoms with Crippen molar-refractivity contribution in [2.75, 3.05) is 27.4 Å². The summed E-state index contributed by atoms with van der Waals surface area (Å²) in [6, 6.07) is 56.5. The number of carbonyl (C=O) groups is 2. The number of rotatable bonds is 40. The summed E-state index contributed by atoms with van der Waals surface area (Å²) >= 11 is 0. The third-order valence-corrected chi connectivity index (χ3v) is 26.1. The van der Waals surface area contributed by atoms with Crippen LogP contribution in [0.3, 0.4) is 0 Å². The second kappa shape index (κ2) is 43.3. The minimum Gasteiger partial charge on any atom is -0.493 e. The van der Waals surface area contributed by atoms with Gasteiger partial charge >= 0.3 is 11.9 Å². The Morgan fingerprint density at radius 2 is 0.402 bits per heavy atom. The summed E-state index contributed by atoms with van der Waals surface area (Å²) in [6.45, 7) is 46.9. The lowest BCUT2D eigenvalue weighted by Crippen LogP contribution is -2.07. The molecule has 0 aliphatic rings. The first-order chi connectivity index (χ1) is 58.8. The number of carbonyl (C=O) groups excluding carboxylic acids is 2. The van der Waals surface area contributed by atoms with Gasteiger partial charge in [0.1, 0.15) is 22.6 Å². The van der Waals surface area contributed by atoms with Crippen LogP contribution in [0.15, 0.2) is 146 Å². The Kier molecular flexibility index (Phi) is 32.9. The number of hydrogen-bond acceptors (Lipinski definition) is 6. The maximum Gasteiger partial charge on any atom is 0.341 e. The van der Waals surface area contributed by atoms with Gasteiger partial charge in [-0.05, 0) is 397 Å². The molecule has 6 heteroatoms. The van der Waals surface area contributed by atoms with Crippen molar-refractivity contribution in [3.8, 4) is 123 Å². The average molecular weight is 1630 g/mol. The molecule has 6 nitrogen and oxygen atoms in total. The molecular formula is C116H142O6. The highest BCUT2D eigenvalue weighted by atomic mass is 16.5. The molecule has 0 unspecified atom stereocenters. The van der Waals surface area contributed by atoms with Crippen molar-refractivity contribution in [1.29, 1.82) is 0 Å². The van der Waals surface area contributed by atoms with Gasteiger partial charge in [-0.2, -0.15) is 0 Å². The smallest absolute Gasteiger partial charge is 0.341 e. The lowest BCUT2D eigenvalue weighted by molar-refractivity contribution is 0.0586. The number of ether oxygens (including phenoxy) is 4. The molecule has 122 heavy (non-hydrogen) atoms. The fourth-order valence-electron chi connectivity index (χ4n) is 18.8. The Bertz CT molecular complexity index is 5220. The van der Waals surface area contributed by atoms with E-state index in [1.165, 1.54) is 280 Å². The fraction of sp³-hybridized carbons (Fsp3) is 0.414. The number of benzene rings is 11. The molecule has 11 rings (SSSR count). The van der Waals surface area contributed by atoms with E-state index < -0.39 is 0 Å². The molecule has 0 atom stereocenters. The van der Waals surface area contributed by atoms with Gasteiger partial charge in [0, 0.05) is 0 Å². The van der Waals surface area contributed by atoms with Gasteiger partial charge in [-0.15, -0.1) is 0 Å². The molecule has 0 bridgehead atoms. The second-order valence-electron chi connectivity index (χ2n) is 35.8. The Morgan fingerprint density at radius 1 is 0.213 bits per heavy atom. The van der Waals surface area contributed by atoms with Crippen LogP contribution in [-0.2, 0) is 35.2 Å². The molecule has 0 radical (unpaired) electrons. The van der Waals surface area contributed by atoms with Crippen LogP contribution < -0.4 is 9.47 Å². The number of aryl methyl sites for hydroxylation is 18. The molecule has 0 spiro atoms. The molecule has 642 valence electrons. The molecule has 0 aliphatic heterocycles. The summed E-state index contributed by atoms with van der Waals surface area (Å²) < 4.78 is 22.8. The molecule has 0 N–H and O–H groups in total.